The predicted molar refractivity (Wildman–Crippen MR) is 68.4 cm³/mol. The van der Waals surface area contributed by atoms with Crippen molar-refractivity contribution in [1.29, 1.82) is 0 Å². The van der Waals surface area contributed by atoms with Crippen molar-refractivity contribution in [2.45, 2.75) is 6.42 Å². The maximum Gasteiger partial charge on any atom is 0.251 e. The van der Waals surface area contributed by atoms with Gasteiger partial charge in [0, 0.05) is 18.0 Å². The van der Waals surface area contributed by atoms with Crippen molar-refractivity contribution in [2.75, 3.05) is 19.5 Å². The Kier molecular flexibility index (Phi) is 5.63. The summed E-state index contributed by atoms with van der Waals surface area (Å²) >= 11 is 8.85. The van der Waals surface area contributed by atoms with Gasteiger partial charge in [-0.2, -0.15) is 0 Å². The highest BCUT2D eigenvalue weighted by atomic mass is 79.9. The van der Waals surface area contributed by atoms with Crippen molar-refractivity contribution in [1.82, 2.24) is 5.32 Å². The number of carbonyl (C=O) groups excluding carboxylic acids is 1. The second-order valence-electron chi connectivity index (χ2n) is 3.15. The first-order valence-corrected chi connectivity index (χ1v) is 6.19. The van der Waals surface area contributed by atoms with Crippen LogP contribution in [-0.4, -0.2) is 25.4 Å². The highest BCUT2D eigenvalue weighted by molar-refractivity contribution is 9.10. The Morgan fingerprint density at radius 1 is 1.56 bits per heavy atom. The third-order valence-corrected chi connectivity index (χ3v) is 2.90. The summed E-state index contributed by atoms with van der Waals surface area (Å²) in [6.45, 7) is 0.589. The SMILES string of the molecule is COc1ccc(C(=O)NCCCCl)cc1Br. The van der Waals surface area contributed by atoms with E-state index in [0.717, 1.165) is 10.9 Å². The van der Waals surface area contributed by atoms with E-state index in [2.05, 4.69) is 21.2 Å². The first-order chi connectivity index (χ1) is 7.69. The molecule has 0 unspecified atom stereocenters. The van der Waals surface area contributed by atoms with Crippen molar-refractivity contribution in [2.24, 2.45) is 0 Å². The molecule has 0 aliphatic rings. The predicted octanol–water partition coefficient (Wildman–Crippen LogP) is 2.82. The number of amides is 1. The Morgan fingerprint density at radius 3 is 2.88 bits per heavy atom. The molecule has 0 atom stereocenters. The minimum Gasteiger partial charge on any atom is -0.496 e. The van der Waals surface area contributed by atoms with Crippen LogP contribution in [0, 0.1) is 0 Å². The Labute approximate surface area is 108 Å². The van der Waals surface area contributed by atoms with Gasteiger partial charge in [-0.05, 0) is 40.5 Å². The average Bonchev–Trinajstić information content (AvgIpc) is 2.29. The number of hydrogen-bond acceptors (Lipinski definition) is 2. The smallest absolute Gasteiger partial charge is 0.251 e. The van der Waals surface area contributed by atoms with Crippen molar-refractivity contribution in [3.63, 3.8) is 0 Å². The molecule has 0 bridgehead atoms. The normalized spacial score (nSPS) is 9.94. The van der Waals surface area contributed by atoms with E-state index in [1.165, 1.54) is 0 Å². The Bertz CT molecular complexity index is 371. The third-order valence-electron chi connectivity index (χ3n) is 2.01. The molecular formula is C11H13BrClNO2. The summed E-state index contributed by atoms with van der Waals surface area (Å²) in [7, 11) is 1.58. The molecule has 1 aromatic rings. The molecule has 0 fully saturated rings. The summed E-state index contributed by atoms with van der Waals surface area (Å²) in [5.74, 6) is 1.15. The maximum atomic E-state index is 11.7. The average molecular weight is 307 g/mol. The van der Waals surface area contributed by atoms with Crippen LogP contribution in [0.5, 0.6) is 5.75 Å². The molecule has 0 saturated heterocycles. The first-order valence-electron chi connectivity index (χ1n) is 4.86. The molecule has 3 nitrogen and oxygen atoms in total. The molecule has 0 radical (unpaired) electrons. The highest BCUT2D eigenvalue weighted by Gasteiger charge is 2.07. The zero-order valence-corrected chi connectivity index (χ0v) is 11.3. The Morgan fingerprint density at radius 2 is 2.31 bits per heavy atom. The van der Waals surface area contributed by atoms with E-state index in [1.54, 1.807) is 25.3 Å². The van der Waals surface area contributed by atoms with Crippen molar-refractivity contribution in [3.05, 3.63) is 28.2 Å². The molecule has 5 heteroatoms. The van der Waals surface area contributed by atoms with Gasteiger partial charge in [0.05, 0.1) is 11.6 Å². The van der Waals surface area contributed by atoms with Crippen LogP contribution in [0.3, 0.4) is 0 Å². The van der Waals surface area contributed by atoms with Gasteiger partial charge in [-0.1, -0.05) is 0 Å². The number of methoxy groups -OCH3 is 1. The van der Waals surface area contributed by atoms with E-state index >= 15 is 0 Å². The maximum absolute atomic E-state index is 11.7. The van der Waals surface area contributed by atoms with E-state index in [1.807, 2.05) is 0 Å². The fourth-order valence-electron chi connectivity index (χ4n) is 1.18. The zero-order chi connectivity index (χ0) is 12.0. The molecular weight excluding hydrogens is 293 g/mol. The van der Waals surface area contributed by atoms with E-state index < -0.39 is 0 Å². The largest absolute Gasteiger partial charge is 0.496 e. The molecule has 0 aromatic heterocycles. The van der Waals surface area contributed by atoms with Gasteiger partial charge < -0.3 is 10.1 Å². The van der Waals surface area contributed by atoms with Gasteiger partial charge in [0.2, 0.25) is 0 Å². The van der Waals surface area contributed by atoms with Crippen LogP contribution >= 0.6 is 27.5 Å². The van der Waals surface area contributed by atoms with Crippen LogP contribution in [-0.2, 0) is 0 Å². The number of alkyl halides is 1. The van der Waals surface area contributed by atoms with E-state index in [9.17, 15) is 4.79 Å². The second kappa shape index (κ2) is 6.76. The standard InChI is InChI=1S/C11H13BrClNO2/c1-16-10-4-3-8(7-9(10)12)11(15)14-6-2-5-13/h3-4,7H,2,5-6H2,1H3,(H,14,15). The Hall–Kier alpha value is -0.740. The number of hydrogen-bond donors (Lipinski definition) is 1. The molecule has 0 aliphatic heterocycles. The lowest BCUT2D eigenvalue weighted by molar-refractivity contribution is 0.0953. The van der Waals surface area contributed by atoms with Gasteiger partial charge in [0.1, 0.15) is 5.75 Å². The number of halogens is 2. The summed E-state index contributed by atoms with van der Waals surface area (Å²) in [6, 6.07) is 5.20. The fraction of sp³-hybridized carbons (Fsp3) is 0.364. The lowest BCUT2D eigenvalue weighted by Crippen LogP contribution is -2.24. The summed E-state index contributed by atoms with van der Waals surface area (Å²) in [5, 5.41) is 2.78. The van der Waals surface area contributed by atoms with Crippen LogP contribution in [0.2, 0.25) is 0 Å². The summed E-state index contributed by atoms with van der Waals surface area (Å²) in [5.41, 5.74) is 0.599. The van der Waals surface area contributed by atoms with Gasteiger partial charge in [0.25, 0.3) is 5.91 Å². The van der Waals surface area contributed by atoms with E-state index in [4.69, 9.17) is 16.3 Å². The molecule has 0 spiro atoms. The fourth-order valence-corrected chi connectivity index (χ4v) is 1.85. The van der Waals surface area contributed by atoms with Crippen LogP contribution in [0.1, 0.15) is 16.8 Å². The Balaban J connectivity index is 2.66. The highest BCUT2D eigenvalue weighted by Crippen LogP contribution is 2.25. The number of benzene rings is 1. The quantitative estimate of drug-likeness (QED) is 0.671. The molecule has 0 saturated carbocycles. The minimum atomic E-state index is -0.103. The van der Waals surface area contributed by atoms with Crippen molar-refractivity contribution < 1.29 is 9.53 Å². The van der Waals surface area contributed by atoms with E-state index in [0.29, 0.717) is 23.7 Å². The van der Waals surface area contributed by atoms with Crippen LogP contribution in [0.15, 0.2) is 22.7 Å². The van der Waals surface area contributed by atoms with Gasteiger partial charge in [-0.15, -0.1) is 11.6 Å². The van der Waals surface area contributed by atoms with Gasteiger partial charge >= 0.3 is 0 Å². The summed E-state index contributed by atoms with van der Waals surface area (Å²) in [4.78, 5) is 11.7. The van der Waals surface area contributed by atoms with Crippen LogP contribution in [0.4, 0.5) is 0 Å². The first kappa shape index (κ1) is 13.3. The molecule has 1 N–H and O–H groups in total. The number of carbonyl (C=O) groups is 1. The van der Waals surface area contributed by atoms with Gasteiger partial charge in [0.15, 0.2) is 0 Å². The number of rotatable bonds is 5. The number of nitrogens with one attached hydrogen (secondary N) is 1. The minimum absolute atomic E-state index is 0.103. The molecule has 1 aromatic carbocycles. The topological polar surface area (TPSA) is 38.3 Å². The summed E-state index contributed by atoms with van der Waals surface area (Å²) < 4.78 is 5.85. The lowest BCUT2D eigenvalue weighted by atomic mass is 10.2. The summed E-state index contributed by atoms with van der Waals surface area (Å²) in [6.07, 6.45) is 0.768. The molecule has 1 rings (SSSR count). The van der Waals surface area contributed by atoms with Crippen molar-refractivity contribution in [3.8, 4) is 5.75 Å². The van der Waals surface area contributed by atoms with Crippen molar-refractivity contribution >= 4 is 33.4 Å². The van der Waals surface area contributed by atoms with Crippen LogP contribution < -0.4 is 10.1 Å². The molecule has 88 valence electrons. The molecule has 16 heavy (non-hydrogen) atoms. The monoisotopic (exact) mass is 305 g/mol. The number of ether oxygens (including phenoxy) is 1. The van der Waals surface area contributed by atoms with Crippen LogP contribution in [0.25, 0.3) is 0 Å². The molecule has 1 amide bonds. The third kappa shape index (κ3) is 3.68. The van der Waals surface area contributed by atoms with Gasteiger partial charge in [-0.3, -0.25) is 4.79 Å². The molecule has 0 aliphatic carbocycles. The van der Waals surface area contributed by atoms with E-state index in [-0.39, 0.29) is 5.91 Å². The zero-order valence-electron chi connectivity index (χ0n) is 8.93. The lowest BCUT2D eigenvalue weighted by Gasteiger charge is -2.07. The molecule has 0 heterocycles. The van der Waals surface area contributed by atoms with Gasteiger partial charge in [-0.25, -0.2) is 0 Å². The second-order valence-corrected chi connectivity index (χ2v) is 4.38.